The van der Waals surface area contributed by atoms with Crippen LogP contribution in [-0.4, -0.2) is 45.6 Å². The predicted octanol–water partition coefficient (Wildman–Crippen LogP) is 6.02. The van der Waals surface area contributed by atoms with E-state index in [1.807, 2.05) is 0 Å². The molecule has 11 nitrogen and oxygen atoms in total. The molecule has 0 unspecified atom stereocenters. The van der Waals surface area contributed by atoms with E-state index in [4.69, 9.17) is 16.3 Å². The molecule has 0 saturated heterocycles. The fourth-order valence-corrected chi connectivity index (χ4v) is 5.83. The molecule has 1 heterocycles. The Bertz CT molecular complexity index is 1880. The molecule has 1 atom stereocenters. The second-order valence-corrected chi connectivity index (χ2v) is 11.8. The first-order valence-corrected chi connectivity index (χ1v) is 15.4. The Kier molecular flexibility index (Phi) is 10.2. The lowest BCUT2D eigenvalue weighted by Gasteiger charge is -2.21. The van der Waals surface area contributed by atoms with Gasteiger partial charge in [-0.2, -0.15) is 0 Å². The van der Waals surface area contributed by atoms with Gasteiger partial charge in [-0.15, -0.1) is 5.10 Å². The number of methoxy groups -OCH3 is 1. The van der Waals surface area contributed by atoms with Gasteiger partial charge in [-0.25, -0.2) is 9.48 Å². The zero-order valence-corrected chi connectivity index (χ0v) is 26.5. The molecule has 0 radical (unpaired) electrons. The summed E-state index contributed by atoms with van der Waals surface area (Å²) in [4.78, 5) is 63.8. The summed E-state index contributed by atoms with van der Waals surface area (Å²) >= 11 is 6.23. The molecule has 1 aliphatic carbocycles. The SMILES string of the molecule is COc1nn([C@@H](Cc2ccc(NC(=O)C3CCCC3)cc2)C(=O)Nc2ccc(C(=O)O)cc2)c(=O)cc1-c1cc(Cl)ccc1C(C)=O. The van der Waals surface area contributed by atoms with Crippen LogP contribution in [0.25, 0.3) is 11.1 Å². The number of rotatable bonds is 11. The molecular formula is C35H33ClN4O7. The number of hydrogen-bond donors (Lipinski definition) is 3. The van der Waals surface area contributed by atoms with Crippen molar-refractivity contribution in [1.29, 1.82) is 0 Å². The number of aromatic nitrogens is 2. The first-order valence-electron chi connectivity index (χ1n) is 15.1. The predicted molar refractivity (Wildman–Crippen MR) is 177 cm³/mol. The van der Waals surface area contributed by atoms with Gasteiger partial charge >= 0.3 is 5.97 Å². The van der Waals surface area contributed by atoms with Crippen LogP contribution in [0, 0.1) is 5.92 Å². The van der Waals surface area contributed by atoms with Crippen LogP contribution >= 0.6 is 11.6 Å². The Morgan fingerprint density at radius 1 is 0.936 bits per heavy atom. The minimum absolute atomic E-state index is 0.00153. The highest BCUT2D eigenvalue weighted by atomic mass is 35.5. The van der Waals surface area contributed by atoms with Gasteiger partial charge in [-0.05, 0) is 85.5 Å². The zero-order chi connectivity index (χ0) is 33.7. The van der Waals surface area contributed by atoms with E-state index in [2.05, 4.69) is 15.7 Å². The van der Waals surface area contributed by atoms with E-state index in [1.54, 1.807) is 42.5 Å². The fourth-order valence-electron chi connectivity index (χ4n) is 5.66. The van der Waals surface area contributed by atoms with Crippen molar-refractivity contribution >= 4 is 46.5 Å². The van der Waals surface area contributed by atoms with Crippen molar-refractivity contribution in [1.82, 2.24) is 9.78 Å². The summed E-state index contributed by atoms with van der Waals surface area (Å²) in [7, 11) is 1.36. The highest BCUT2D eigenvalue weighted by Crippen LogP contribution is 2.33. The number of carbonyl (C=O) groups excluding carboxylic acids is 3. The summed E-state index contributed by atoms with van der Waals surface area (Å²) in [6.45, 7) is 1.39. The minimum atomic E-state index is -1.19. The number of amides is 2. The summed E-state index contributed by atoms with van der Waals surface area (Å²) in [5.41, 5.74) is 1.91. The quantitative estimate of drug-likeness (QED) is 0.165. The van der Waals surface area contributed by atoms with Gasteiger partial charge in [0.05, 0.1) is 18.2 Å². The maximum absolute atomic E-state index is 13.8. The maximum Gasteiger partial charge on any atom is 0.335 e. The van der Waals surface area contributed by atoms with Crippen LogP contribution in [0.5, 0.6) is 5.88 Å². The number of carbonyl (C=O) groups is 4. The largest absolute Gasteiger partial charge is 0.480 e. The van der Waals surface area contributed by atoms with Gasteiger partial charge in [-0.3, -0.25) is 19.2 Å². The third-order valence-corrected chi connectivity index (χ3v) is 8.38. The van der Waals surface area contributed by atoms with Gasteiger partial charge in [0.2, 0.25) is 17.7 Å². The molecule has 3 aromatic carbocycles. The molecule has 0 spiro atoms. The van der Waals surface area contributed by atoms with E-state index >= 15 is 0 Å². The number of nitrogens with zero attached hydrogens (tertiary/aromatic N) is 2. The average molecular weight is 657 g/mol. The number of Topliss-reactive ketones (excluding diaryl/α,β-unsaturated/α-hetero) is 1. The lowest BCUT2D eigenvalue weighted by atomic mass is 9.98. The number of hydrogen-bond acceptors (Lipinski definition) is 7. The zero-order valence-electron chi connectivity index (χ0n) is 25.8. The Balaban J connectivity index is 1.50. The van der Waals surface area contributed by atoms with Gasteiger partial charge in [-0.1, -0.05) is 36.6 Å². The monoisotopic (exact) mass is 656 g/mol. The lowest BCUT2D eigenvalue weighted by Crippen LogP contribution is -2.36. The maximum atomic E-state index is 13.8. The van der Waals surface area contributed by atoms with Crippen molar-refractivity contribution in [2.24, 2.45) is 5.92 Å². The normalized spacial score (nSPS) is 13.5. The minimum Gasteiger partial charge on any atom is -0.480 e. The Morgan fingerprint density at radius 3 is 2.19 bits per heavy atom. The number of ether oxygens (including phenoxy) is 1. The Labute approximate surface area is 275 Å². The summed E-state index contributed by atoms with van der Waals surface area (Å²) in [6.07, 6.45) is 3.86. The first kappa shape index (κ1) is 33.1. The molecule has 1 saturated carbocycles. The number of nitrogens with one attached hydrogen (secondary N) is 2. The summed E-state index contributed by atoms with van der Waals surface area (Å²) in [5, 5.41) is 19.7. The summed E-state index contributed by atoms with van der Waals surface area (Å²) in [5.74, 6) is -1.99. The van der Waals surface area contributed by atoms with Gasteiger partial charge < -0.3 is 20.5 Å². The number of anilines is 2. The number of halogens is 1. The van der Waals surface area contributed by atoms with Crippen molar-refractivity contribution in [2.45, 2.75) is 45.1 Å². The molecule has 5 rings (SSSR count). The molecule has 1 aliphatic rings. The number of carboxylic acids is 1. The van der Waals surface area contributed by atoms with E-state index in [9.17, 15) is 29.1 Å². The highest BCUT2D eigenvalue weighted by Gasteiger charge is 2.27. The number of aromatic carboxylic acids is 1. The molecule has 0 aliphatic heterocycles. The van der Waals surface area contributed by atoms with E-state index in [0.29, 0.717) is 33.1 Å². The van der Waals surface area contributed by atoms with Gasteiger partial charge in [0.1, 0.15) is 6.04 Å². The molecule has 242 valence electrons. The first-order chi connectivity index (χ1) is 22.5. The van der Waals surface area contributed by atoms with E-state index in [0.717, 1.165) is 30.4 Å². The smallest absolute Gasteiger partial charge is 0.335 e. The number of benzene rings is 3. The standard InChI is InChI=1S/C35H33ClN4O7/c1-20(41)27-16-11-24(36)18-28(27)29-19-31(42)40(39-34(29)47-2)30(33(44)38-26-14-9-23(10-15-26)35(45)46)17-21-7-12-25(13-8-21)37-32(43)22-5-3-4-6-22/h7-16,18-19,22,30H,3-6,17H2,1-2H3,(H,37,43)(H,38,44)(H,45,46)/t30-/m0/s1. The van der Waals surface area contributed by atoms with Crippen LogP contribution in [-0.2, 0) is 16.0 Å². The van der Waals surface area contributed by atoms with Crippen molar-refractivity contribution in [2.75, 3.05) is 17.7 Å². The third-order valence-electron chi connectivity index (χ3n) is 8.14. The van der Waals surface area contributed by atoms with Crippen LogP contribution in [0.4, 0.5) is 11.4 Å². The molecule has 4 aromatic rings. The molecule has 3 N–H and O–H groups in total. The average Bonchev–Trinajstić information content (AvgIpc) is 3.60. The molecular weight excluding hydrogens is 624 g/mol. The Morgan fingerprint density at radius 2 is 1.57 bits per heavy atom. The second-order valence-electron chi connectivity index (χ2n) is 11.4. The number of ketones is 1. The van der Waals surface area contributed by atoms with Crippen molar-refractivity contribution in [3.05, 3.63) is 105 Å². The van der Waals surface area contributed by atoms with Crippen LogP contribution in [0.15, 0.2) is 77.6 Å². The van der Waals surface area contributed by atoms with Crippen LogP contribution in [0.3, 0.4) is 0 Å². The van der Waals surface area contributed by atoms with E-state index < -0.39 is 23.5 Å². The van der Waals surface area contributed by atoms with Gasteiger partial charge in [0, 0.05) is 40.4 Å². The molecule has 47 heavy (non-hydrogen) atoms. The van der Waals surface area contributed by atoms with E-state index in [-0.39, 0.29) is 41.0 Å². The van der Waals surface area contributed by atoms with Crippen LogP contribution < -0.4 is 20.9 Å². The molecule has 1 aromatic heterocycles. The molecule has 1 fully saturated rings. The second kappa shape index (κ2) is 14.4. The van der Waals surface area contributed by atoms with E-state index in [1.165, 1.54) is 44.4 Å². The van der Waals surface area contributed by atoms with Crippen molar-refractivity contribution < 1.29 is 29.0 Å². The lowest BCUT2D eigenvalue weighted by molar-refractivity contribution is -0.120. The van der Waals surface area contributed by atoms with Crippen LogP contribution in [0.2, 0.25) is 5.02 Å². The van der Waals surface area contributed by atoms with Crippen LogP contribution in [0.1, 0.15) is 64.9 Å². The van der Waals surface area contributed by atoms with Gasteiger partial charge in [0.25, 0.3) is 5.56 Å². The van der Waals surface area contributed by atoms with Gasteiger partial charge in [0.15, 0.2) is 5.78 Å². The Hall–Kier alpha value is -5.29. The van der Waals surface area contributed by atoms with Crippen molar-refractivity contribution in [3.8, 4) is 17.0 Å². The third kappa shape index (κ3) is 7.75. The summed E-state index contributed by atoms with van der Waals surface area (Å²) < 4.78 is 6.56. The topological polar surface area (TPSA) is 157 Å². The number of carboxylic acid groups (broad SMARTS) is 1. The summed E-state index contributed by atoms with van der Waals surface area (Å²) in [6, 6.07) is 17.3. The molecule has 12 heteroatoms. The van der Waals surface area contributed by atoms with Crippen molar-refractivity contribution in [3.63, 3.8) is 0 Å². The fraction of sp³-hybridized carbons (Fsp3) is 0.257. The molecule has 2 amide bonds. The highest BCUT2D eigenvalue weighted by molar-refractivity contribution is 6.31. The molecule has 0 bridgehead atoms.